The molecular formula is C21H23FN2O2. The lowest BCUT2D eigenvalue weighted by atomic mass is 9.64. The Kier molecular flexibility index (Phi) is 5.07. The average Bonchev–Trinajstić information content (AvgIpc) is 2.59. The maximum Gasteiger partial charge on any atom is 0.253 e. The van der Waals surface area contributed by atoms with Crippen LogP contribution in [-0.4, -0.2) is 30.8 Å². The Bertz CT molecular complexity index is 811. The van der Waals surface area contributed by atoms with Crippen molar-refractivity contribution in [3.63, 3.8) is 0 Å². The first kappa shape index (κ1) is 18.1. The van der Waals surface area contributed by atoms with Gasteiger partial charge < -0.3 is 10.2 Å². The molecule has 0 atom stereocenters. The molecule has 0 bridgehead atoms. The average molecular weight is 354 g/mol. The van der Waals surface area contributed by atoms with Crippen LogP contribution < -0.4 is 5.32 Å². The standard InChI is InChI=1S/C21H23FN2O2/c1-24(2)19(25)16-9-7-15(8-10-16)14-23-20(26)21(11-4-12-21)17-5-3-6-18(22)13-17/h3,5-10,13H,4,11-12,14H2,1-2H3,(H,23,26). The SMILES string of the molecule is CN(C)C(=O)c1ccc(CNC(=O)C2(c3cccc(F)c3)CCC2)cc1. The van der Waals surface area contributed by atoms with E-state index in [1.807, 2.05) is 18.2 Å². The summed E-state index contributed by atoms with van der Waals surface area (Å²) < 4.78 is 13.6. The van der Waals surface area contributed by atoms with E-state index >= 15 is 0 Å². The quantitative estimate of drug-likeness (QED) is 0.896. The molecule has 136 valence electrons. The molecule has 1 fully saturated rings. The number of halogens is 1. The number of nitrogens with one attached hydrogen (secondary N) is 1. The molecule has 2 aromatic rings. The van der Waals surface area contributed by atoms with Crippen LogP contribution in [0, 0.1) is 5.82 Å². The lowest BCUT2D eigenvalue weighted by molar-refractivity contribution is -0.130. The lowest BCUT2D eigenvalue weighted by Gasteiger charge is -2.40. The third kappa shape index (κ3) is 3.47. The molecule has 0 unspecified atom stereocenters. The van der Waals surface area contributed by atoms with Gasteiger partial charge in [0.25, 0.3) is 5.91 Å². The second-order valence-electron chi connectivity index (χ2n) is 7.03. The van der Waals surface area contributed by atoms with Crippen molar-refractivity contribution in [1.29, 1.82) is 0 Å². The fourth-order valence-corrected chi connectivity index (χ4v) is 3.34. The zero-order valence-corrected chi connectivity index (χ0v) is 15.1. The number of rotatable bonds is 5. The highest BCUT2D eigenvalue weighted by Crippen LogP contribution is 2.44. The summed E-state index contributed by atoms with van der Waals surface area (Å²) in [6.45, 7) is 0.381. The van der Waals surface area contributed by atoms with E-state index in [2.05, 4.69) is 5.32 Å². The van der Waals surface area contributed by atoms with Crippen molar-refractivity contribution in [1.82, 2.24) is 10.2 Å². The van der Waals surface area contributed by atoms with Crippen molar-refractivity contribution in [2.24, 2.45) is 0 Å². The van der Waals surface area contributed by atoms with Crippen LogP contribution in [0.4, 0.5) is 4.39 Å². The predicted octanol–water partition coefficient (Wildman–Crippen LogP) is 3.27. The van der Waals surface area contributed by atoms with E-state index < -0.39 is 5.41 Å². The summed E-state index contributed by atoms with van der Waals surface area (Å²) in [7, 11) is 3.42. The Morgan fingerprint density at radius 1 is 1.12 bits per heavy atom. The van der Waals surface area contributed by atoms with E-state index in [4.69, 9.17) is 0 Å². The van der Waals surface area contributed by atoms with Crippen LogP contribution in [-0.2, 0) is 16.8 Å². The van der Waals surface area contributed by atoms with Crippen LogP contribution in [0.25, 0.3) is 0 Å². The molecule has 2 aromatic carbocycles. The second kappa shape index (κ2) is 7.28. The van der Waals surface area contributed by atoms with Crippen LogP contribution in [0.15, 0.2) is 48.5 Å². The molecule has 0 heterocycles. The highest BCUT2D eigenvalue weighted by atomic mass is 19.1. The first-order valence-electron chi connectivity index (χ1n) is 8.77. The molecule has 2 amide bonds. The number of hydrogen-bond acceptors (Lipinski definition) is 2. The Balaban J connectivity index is 1.67. The normalized spacial score (nSPS) is 15.0. The number of benzene rings is 2. The fraction of sp³-hybridized carbons (Fsp3) is 0.333. The maximum absolute atomic E-state index is 13.6. The van der Waals surface area contributed by atoms with Gasteiger partial charge in [-0.3, -0.25) is 9.59 Å². The number of carbonyl (C=O) groups excluding carboxylic acids is 2. The Labute approximate surface area is 153 Å². The van der Waals surface area contributed by atoms with Gasteiger partial charge in [-0.15, -0.1) is 0 Å². The van der Waals surface area contributed by atoms with E-state index in [1.54, 1.807) is 32.3 Å². The number of hydrogen-bond donors (Lipinski definition) is 1. The first-order valence-corrected chi connectivity index (χ1v) is 8.77. The Morgan fingerprint density at radius 2 is 1.81 bits per heavy atom. The minimum absolute atomic E-state index is 0.0555. The lowest BCUT2D eigenvalue weighted by Crippen LogP contribution is -2.49. The summed E-state index contributed by atoms with van der Waals surface area (Å²) in [6.07, 6.45) is 2.43. The summed E-state index contributed by atoms with van der Waals surface area (Å²) in [6, 6.07) is 13.5. The zero-order chi connectivity index (χ0) is 18.7. The minimum atomic E-state index is -0.622. The van der Waals surface area contributed by atoms with Crippen molar-refractivity contribution in [2.45, 2.75) is 31.2 Å². The van der Waals surface area contributed by atoms with Gasteiger partial charge in [-0.2, -0.15) is 0 Å². The van der Waals surface area contributed by atoms with Gasteiger partial charge in [0.2, 0.25) is 5.91 Å². The van der Waals surface area contributed by atoms with Crippen LogP contribution in [0.1, 0.15) is 40.7 Å². The zero-order valence-electron chi connectivity index (χ0n) is 15.1. The Hall–Kier alpha value is -2.69. The highest BCUT2D eigenvalue weighted by Gasteiger charge is 2.45. The van der Waals surface area contributed by atoms with Crippen LogP contribution in [0.3, 0.4) is 0 Å². The van der Waals surface area contributed by atoms with Crippen LogP contribution in [0.5, 0.6) is 0 Å². The fourth-order valence-electron chi connectivity index (χ4n) is 3.34. The van der Waals surface area contributed by atoms with Gasteiger partial charge in [0, 0.05) is 26.2 Å². The highest BCUT2D eigenvalue weighted by molar-refractivity contribution is 5.94. The smallest absolute Gasteiger partial charge is 0.253 e. The summed E-state index contributed by atoms with van der Waals surface area (Å²) in [5, 5.41) is 2.97. The van der Waals surface area contributed by atoms with Crippen LogP contribution in [0.2, 0.25) is 0 Å². The van der Waals surface area contributed by atoms with Gasteiger partial charge >= 0.3 is 0 Å². The molecule has 4 nitrogen and oxygen atoms in total. The van der Waals surface area contributed by atoms with Crippen molar-refractivity contribution >= 4 is 11.8 Å². The largest absolute Gasteiger partial charge is 0.351 e. The topological polar surface area (TPSA) is 49.4 Å². The molecule has 1 N–H and O–H groups in total. The molecule has 26 heavy (non-hydrogen) atoms. The maximum atomic E-state index is 13.6. The third-order valence-corrected chi connectivity index (χ3v) is 5.08. The molecule has 0 saturated heterocycles. The summed E-state index contributed by atoms with van der Waals surface area (Å²) >= 11 is 0. The molecule has 0 aliphatic heterocycles. The minimum Gasteiger partial charge on any atom is -0.351 e. The molecule has 1 saturated carbocycles. The predicted molar refractivity (Wildman–Crippen MR) is 98.2 cm³/mol. The van der Waals surface area contributed by atoms with Crippen molar-refractivity contribution in [2.75, 3.05) is 14.1 Å². The molecule has 0 aromatic heterocycles. The number of carbonyl (C=O) groups is 2. The monoisotopic (exact) mass is 354 g/mol. The molecule has 0 spiro atoms. The summed E-state index contributed by atoms with van der Waals surface area (Å²) in [5.41, 5.74) is 1.65. The van der Waals surface area contributed by atoms with E-state index in [0.29, 0.717) is 12.1 Å². The second-order valence-corrected chi connectivity index (χ2v) is 7.03. The Morgan fingerprint density at radius 3 is 2.35 bits per heavy atom. The van der Waals surface area contributed by atoms with Crippen molar-refractivity contribution in [3.8, 4) is 0 Å². The number of amides is 2. The van der Waals surface area contributed by atoms with Crippen LogP contribution >= 0.6 is 0 Å². The van der Waals surface area contributed by atoms with Gasteiger partial charge in [0.05, 0.1) is 5.41 Å². The van der Waals surface area contributed by atoms with E-state index in [1.165, 1.54) is 17.0 Å². The van der Waals surface area contributed by atoms with E-state index in [9.17, 15) is 14.0 Å². The van der Waals surface area contributed by atoms with Gasteiger partial charge in [-0.1, -0.05) is 30.7 Å². The summed E-state index contributed by atoms with van der Waals surface area (Å²) in [4.78, 5) is 26.2. The van der Waals surface area contributed by atoms with E-state index in [0.717, 1.165) is 30.4 Å². The van der Waals surface area contributed by atoms with Gasteiger partial charge in [-0.25, -0.2) is 4.39 Å². The molecule has 1 aliphatic carbocycles. The first-order chi connectivity index (χ1) is 12.4. The van der Waals surface area contributed by atoms with Gasteiger partial charge in [0.1, 0.15) is 5.82 Å². The summed E-state index contributed by atoms with van der Waals surface area (Å²) in [5.74, 6) is -0.439. The molecule has 1 aliphatic rings. The third-order valence-electron chi connectivity index (χ3n) is 5.08. The van der Waals surface area contributed by atoms with Gasteiger partial charge in [-0.05, 0) is 48.2 Å². The molecule has 3 rings (SSSR count). The van der Waals surface area contributed by atoms with Crippen molar-refractivity contribution in [3.05, 3.63) is 71.0 Å². The number of nitrogens with zero attached hydrogens (tertiary/aromatic N) is 1. The van der Waals surface area contributed by atoms with E-state index in [-0.39, 0.29) is 17.6 Å². The van der Waals surface area contributed by atoms with Gasteiger partial charge in [0.15, 0.2) is 0 Å². The van der Waals surface area contributed by atoms with Crippen molar-refractivity contribution < 1.29 is 14.0 Å². The molecular weight excluding hydrogens is 331 g/mol. The molecule has 5 heteroatoms. The molecule has 0 radical (unpaired) electrons.